The number of aryl methyl sites for hydroxylation is 1. The van der Waals surface area contributed by atoms with E-state index in [2.05, 4.69) is 15.4 Å². The Kier molecular flexibility index (Phi) is 5.27. The molecule has 1 atom stereocenters. The van der Waals surface area contributed by atoms with Gasteiger partial charge in [-0.3, -0.25) is 4.98 Å². The van der Waals surface area contributed by atoms with E-state index in [0.717, 1.165) is 29.2 Å². The number of aliphatic hydroxyl groups excluding tert-OH is 1. The van der Waals surface area contributed by atoms with E-state index in [1.165, 1.54) is 6.07 Å². The van der Waals surface area contributed by atoms with Gasteiger partial charge in [0.2, 0.25) is 0 Å². The standard InChI is InChI=1S/C19H20F2N4O/c1-3-16(26)10-15-11-19(23-13-4-5-17(20)18(21)9-13)24-25(15)14-6-7-22-12(2)8-14/h4-9,11,16,26H,3,10H2,1-2H3,(H,23,24). The Morgan fingerprint density at radius 1 is 1.15 bits per heavy atom. The lowest BCUT2D eigenvalue weighted by Crippen LogP contribution is -2.12. The highest BCUT2D eigenvalue weighted by Gasteiger charge is 2.14. The number of benzene rings is 1. The van der Waals surface area contributed by atoms with Crippen molar-refractivity contribution in [3.05, 3.63) is 65.6 Å². The number of hydrogen-bond acceptors (Lipinski definition) is 4. The van der Waals surface area contributed by atoms with Gasteiger partial charge in [-0.2, -0.15) is 0 Å². The fourth-order valence-corrected chi connectivity index (χ4v) is 2.62. The van der Waals surface area contributed by atoms with E-state index in [-0.39, 0.29) is 0 Å². The number of pyridine rings is 1. The number of anilines is 2. The Bertz CT molecular complexity index is 910. The maximum Gasteiger partial charge on any atom is 0.160 e. The summed E-state index contributed by atoms with van der Waals surface area (Å²) in [6, 6.07) is 9.07. The lowest BCUT2D eigenvalue weighted by Gasteiger charge is -2.10. The monoisotopic (exact) mass is 358 g/mol. The summed E-state index contributed by atoms with van der Waals surface area (Å²) in [5.74, 6) is -1.36. The fourth-order valence-electron chi connectivity index (χ4n) is 2.62. The molecule has 0 fully saturated rings. The van der Waals surface area contributed by atoms with Gasteiger partial charge in [-0.15, -0.1) is 5.10 Å². The van der Waals surface area contributed by atoms with Gasteiger partial charge in [0.05, 0.1) is 11.8 Å². The summed E-state index contributed by atoms with van der Waals surface area (Å²) < 4.78 is 28.2. The van der Waals surface area contributed by atoms with Crippen LogP contribution in [0.3, 0.4) is 0 Å². The van der Waals surface area contributed by atoms with Crippen LogP contribution >= 0.6 is 0 Å². The third kappa shape index (κ3) is 4.05. The zero-order valence-corrected chi connectivity index (χ0v) is 14.6. The van der Waals surface area contributed by atoms with Gasteiger partial charge in [0.1, 0.15) is 0 Å². The van der Waals surface area contributed by atoms with Crippen LogP contribution in [0.1, 0.15) is 24.7 Å². The highest BCUT2D eigenvalue weighted by atomic mass is 19.2. The van der Waals surface area contributed by atoms with Gasteiger partial charge in [-0.25, -0.2) is 13.5 Å². The minimum absolute atomic E-state index is 0.391. The first-order valence-electron chi connectivity index (χ1n) is 8.38. The molecule has 1 aromatic carbocycles. The summed E-state index contributed by atoms with van der Waals surface area (Å²) in [5, 5.41) is 17.5. The second-order valence-electron chi connectivity index (χ2n) is 6.11. The number of aromatic nitrogens is 3. The van der Waals surface area contributed by atoms with E-state index in [1.807, 2.05) is 26.0 Å². The van der Waals surface area contributed by atoms with Crippen LogP contribution in [-0.2, 0) is 6.42 Å². The van der Waals surface area contributed by atoms with E-state index in [1.54, 1.807) is 16.9 Å². The van der Waals surface area contributed by atoms with E-state index in [4.69, 9.17) is 0 Å². The third-order valence-corrected chi connectivity index (χ3v) is 4.02. The van der Waals surface area contributed by atoms with Crippen LogP contribution in [0.15, 0.2) is 42.6 Å². The van der Waals surface area contributed by atoms with Crippen molar-refractivity contribution >= 4 is 11.5 Å². The summed E-state index contributed by atoms with van der Waals surface area (Å²) in [5.41, 5.74) is 2.85. The Morgan fingerprint density at radius 2 is 1.96 bits per heavy atom. The molecule has 0 bridgehead atoms. The number of halogens is 2. The van der Waals surface area contributed by atoms with Gasteiger partial charge >= 0.3 is 0 Å². The molecule has 26 heavy (non-hydrogen) atoms. The second kappa shape index (κ2) is 7.61. The number of nitrogens with one attached hydrogen (secondary N) is 1. The number of rotatable bonds is 6. The molecule has 2 aromatic heterocycles. The molecule has 0 aliphatic carbocycles. The Morgan fingerprint density at radius 3 is 2.65 bits per heavy atom. The first-order chi connectivity index (χ1) is 12.5. The molecule has 0 saturated carbocycles. The summed E-state index contributed by atoms with van der Waals surface area (Å²) in [6.45, 7) is 3.79. The Labute approximate surface area is 150 Å². The lowest BCUT2D eigenvalue weighted by atomic mass is 10.1. The van der Waals surface area contributed by atoms with E-state index in [9.17, 15) is 13.9 Å². The molecule has 0 aliphatic rings. The van der Waals surface area contributed by atoms with Crippen molar-refractivity contribution in [3.63, 3.8) is 0 Å². The number of hydrogen-bond donors (Lipinski definition) is 2. The topological polar surface area (TPSA) is 63.0 Å². The van der Waals surface area contributed by atoms with Crippen LogP contribution in [0.2, 0.25) is 0 Å². The van der Waals surface area contributed by atoms with Crippen molar-refractivity contribution in [2.75, 3.05) is 5.32 Å². The Balaban J connectivity index is 1.96. The smallest absolute Gasteiger partial charge is 0.160 e. The predicted molar refractivity (Wildman–Crippen MR) is 95.7 cm³/mol. The number of aliphatic hydroxyl groups is 1. The van der Waals surface area contributed by atoms with Crippen LogP contribution in [-0.4, -0.2) is 26.0 Å². The average molecular weight is 358 g/mol. The van der Waals surface area contributed by atoms with E-state index >= 15 is 0 Å². The molecule has 2 N–H and O–H groups in total. The SMILES string of the molecule is CCC(O)Cc1cc(Nc2ccc(F)c(F)c2)nn1-c1ccnc(C)c1. The predicted octanol–water partition coefficient (Wildman–Crippen LogP) is 3.91. The molecule has 3 aromatic rings. The molecule has 0 amide bonds. The molecule has 0 saturated heterocycles. The molecule has 7 heteroatoms. The third-order valence-electron chi connectivity index (χ3n) is 4.02. The van der Waals surface area contributed by atoms with Crippen LogP contribution < -0.4 is 5.32 Å². The molecule has 0 aliphatic heterocycles. The Hall–Kier alpha value is -2.80. The van der Waals surface area contributed by atoms with Crippen molar-refractivity contribution < 1.29 is 13.9 Å². The van der Waals surface area contributed by atoms with Crippen molar-refractivity contribution in [2.24, 2.45) is 0 Å². The summed E-state index contributed by atoms with van der Waals surface area (Å²) >= 11 is 0. The minimum atomic E-state index is -0.930. The highest BCUT2D eigenvalue weighted by molar-refractivity contribution is 5.57. The quantitative estimate of drug-likeness (QED) is 0.701. The maximum absolute atomic E-state index is 13.4. The zero-order chi connectivity index (χ0) is 18.7. The molecule has 136 valence electrons. The summed E-state index contributed by atoms with van der Waals surface area (Å²) in [4.78, 5) is 4.18. The zero-order valence-electron chi connectivity index (χ0n) is 14.6. The van der Waals surface area contributed by atoms with Gasteiger partial charge < -0.3 is 10.4 Å². The fraction of sp³-hybridized carbons (Fsp3) is 0.263. The first kappa shape index (κ1) is 18.0. The van der Waals surface area contributed by atoms with Crippen molar-refractivity contribution in [1.82, 2.24) is 14.8 Å². The van der Waals surface area contributed by atoms with Crippen molar-refractivity contribution in [1.29, 1.82) is 0 Å². The van der Waals surface area contributed by atoms with Gasteiger partial charge in [0.25, 0.3) is 0 Å². The molecule has 2 heterocycles. The first-order valence-corrected chi connectivity index (χ1v) is 8.38. The largest absolute Gasteiger partial charge is 0.393 e. The van der Waals surface area contributed by atoms with E-state index in [0.29, 0.717) is 24.3 Å². The second-order valence-corrected chi connectivity index (χ2v) is 6.11. The molecule has 5 nitrogen and oxygen atoms in total. The highest BCUT2D eigenvalue weighted by Crippen LogP contribution is 2.22. The summed E-state index contributed by atoms with van der Waals surface area (Å²) in [7, 11) is 0. The van der Waals surface area contributed by atoms with Crippen molar-refractivity contribution in [2.45, 2.75) is 32.8 Å². The van der Waals surface area contributed by atoms with Gasteiger partial charge in [-0.05, 0) is 37.6 Å². The van der Waals surface area contributed by atoms with Crippen LogP contribution in [0, 0.1) is 18.6 Å². The van der Waals surface area contributed by atoms with Gasteiger partial charge in [0.15, 0.2) is 17.5 Å². The molecule has 0 radical (unpaired) electrons. The molecule has 1 unspecified atom stereocenters. The van der Waals surface area contributed by atoms with E-state index < -0.39 is 17.7 Å². The number of nitrogens with zero attached hydrogens (tertiary/aromatic N) is 3. The lowest BCUT2D eigenvalue weighted by molar-refractivity contribution is 0.169. The minimum Gasteiger partial charge on any atom is -0.393 e. The molecule has 0 spiro atoms. The maximum atomic E-state index is 13.4. The normalized spacial score (nSPS) is 12.2. The molecular weight excluding hydrogens is 338 g/mol. The van der Waals surface area contributed by atoms with Crippen molar-refractivity contribution in [3.8, 4) is 5.69 Å². The molecule has 3 rings (SSSR count). The van der Waals surface area contributed by atoms with Crippen LogP contribution in [0.4, 0.5) is 20.3 Å². The van der Waals surface area contributed by atoms with Gasteiger partial charge in [0, 0.05) is 41.8 Å². The van der Waals surface area contributed by atoms with Gasteiger partial charge in [-0.1, -0.05) is 6.92 Å². The molecular formula is C19H20F2N4O. The summed E-state index contributed by atoms with van der Waals surface area (Å²) in [6.07, 6.45) is 2.23. The average Bonchev–Trinajstić information content (AvgIpc) is 3.00. The van der Waals surface area contributed by atoms with Crippen LogP contribution in [0.25, 0.3) is 5.69 Å². The van der Waals surface area contributed by atoms with Crippen LogP contribution in [0.5, 0.6) is 0 Å².